The van der Waals surface area contributed by atoms with Crippen LogP contribution in [-0.4, -0.2) is 60.4 Å². The maximum absolute atomic E-state index is 13.9. The van der Waals surface area contributed by atoms with Gasteiger partial charge in [0, 0.05) is 30.9 Å². The van der Waals surface area contributed by atoms with Crippen molar-refractivity contribution in [1.29, 1.82) is 0 Å². The Morgan fingerprint density at radius 3 is 2.62 bits per heavy atom. The van der Waals surface area contributed by atoms with Crippen molar-refractivity contribution in [3.8, 4) is 0 Å². The van der Waals surface area contributed by atoms with Crippen molar-refractivity contribution in [3.63, 3.8) is 0 Å². The van der Waals surface area contributed by atoms with Crippen molar-refractivity contribution in [2.24, 2.45) is 0 Å². The van der Waals surface area contributed by atoms with Crippen LogP contribution in [0.5, 0.6) is 0 Å². The van der Waals surface area contributed by atoms with E-state index in [4.69, 9.17) is 0 Å². The molecule has 2 saturated heterocycles. The summed E-state index contributed by atoms with van der Waals surface area (Å²) in [6.07, 6.45) is 0.683. The average Bonchev–Trinajstić information content (AvgIpc) is 3.12. The zero-order chi connectivity index (χ0) is 20.8. The molecule has 0 radical (unpaired) electrons. The Labute approximate surface area is 168 Å². The van der Waals surface area contributed by atoms with Crippen molar-refractivity contribution in [1.82, 2.24) is 9.80 Å². The van der Waals surface area contributed by atoms with E-state index in [-0.39, 0.29) is 18.4 Å². The largest absolute Gasteiger partial charge is 0.337 e. The third-order valence-electron chi connectivity index (χ3n) is 6.09. The van der Waals surface area contributed by atoms with E-state index in [9.17, 15) is 18.4 Å². The Morgan fingerprint density at radius 1 is 1.10 bits per heavy atom. The molecule has 0 unspecified atom stereocenters. The molecule has 2 heterocycles. The minimum atomic E-state index is -0.418. The van der Waals surface area contributed by atoms with Gasteiger partial charge in [0.05, 0.1) is 12.1 Å². The second kappa shape index (κ2) is 7.22. The van der Waals surface area contributed by atoms with E-state index in [0.717, 1.165) is 0 Å². The maximum atomic E-state index is 13.9. The van der Waals surface area contributed by atoms with Gasteiger partial charge < -0.3 is 9.80 Å². The molecule has 1 atom stereocenters. The number of rotatable bonds is 2. The number of aryl methyl sites for hydroxylation is 1. The van der Waals surface area contributed by atoms with Crippen LogP contribution in [0.3, 0.4) is 0 Å². The lowest BCUT2D eigenvalue weighted by Crippen LogP contribution is -2.64. The summed E-state index contributed by atoms with van der Waals surface area (Å²) in [7, 11) is 1.88. The Balaban J connectivity index is 1.56. The fourth-order valence-corrected chi connectivity index (χ4v) is 4.22. The number of halogens is 2. The maximum Gasteiger partial charge on any atom is 0.254 e. The Kier molecular flexibility index (Phi) is 4.86. The lowest BCUT2D eigenvalue weighted by molar-refractivity contribution is -0.123. The number of hydrogen-bond acceptors (Lipinski definition) is 3. The van der Waals surface area contributed by atoms with Gasteiger partial charge >= 0.3 is 0 Å². The van der Waals surface area contributed by atoms with Gasteiger partial charge in [0.25, 0.3) is 5.91 Å². The van der Waals surface area contributed by atoms with Crippen LogP contribution in [0.15, 0.2) is 42.5 Å². The fraction of sp³-hybridized carbons (Fsp3) is 0.364. The zero-order valence-corrected chi connectivity index (χ0v) is 16.5. The van der Waals surface area contributed by atoms with Crippen molar-refractivity contribution < 1.29 is 18.4 Å². The first-order chi connectivity index (χ1) is 13.8. The highest BCUT2D eigenvalue weighted by Crippen LogP contribution is 2.34. The number of likely N-dealkylation sites (N-methyl/N-ethyl adjacent to an activating group) is 1. The molecule has 29 heavy (non-hydrogen) atoms. The number of benzene rings is 2. The summed E-state index contributed by atoms with van der Waals surface area (Å²) in [6.45, 7) is 3.17. The molecule has 2 aliphatic rings. The van der Waals surface area contributed by atoms with Crippen molar-refractivity contribution in [2.75, 3.05) is 38.1 Å². The normalized spacial score (nSPS) is 22.6. The number of amides is 2. The van der Waals surface area contributed by atoms with Gasteiger partial charge in [0.2, 0.25) is 5.91 Å². The van der Waals surface area contributed by atoms with Crippen molar-refractivity contribution >= 4 is 17.5 Å². The second-order valence-electron chi connectivity index (χ2n) is 7.98. The van der Waals surface area contributed by atoms with Gasteiger partial charge in [-0.2, -0.15) is 0 Å². The zero-order valence-electron chi connectivity index (χ0n) is 16.5. The fourth-order valence-electron chi connectivity index (χ4n) is 4.22. The van der Waals surface area contributed by atoms with Crippen LogP contribution in [0.25, 0.3) is 0 Å². The minimum absolute atomic E-state index is 0.103. The van der Waals surface area contributed by atoms with Crippen LogP contribution in [0.2, 0.25) is 0 Å². The number of hydrogen-bond donors (Lipinski definition) is 0. The predicted molar refractivity (Wildman–Crippen MR) is 106 cm³/mol. The molecule has 4 rings (SSSR count). The van der Waals surface area contributed by atoms with E-state index in [1.54, 1.807) is 41.0 Å². The van der Waals surface area contributed by atoms with E-state index in [0.29, 0.717) is 42.9 Å². The first kappa shape index (κ1) is 19.5. The summed E-state index contributed by atoms with van der Waals surface area (Å²) in [5.41, 5.74) is 0.921. The Morgan fingerprint density at radius 2 is 1.90 bits per heavy atom. The van der Waals surface area contributed by atoms with Gasteiger partial charge in [0.1, 0.15) is 11.6 Å². The molecule has 7 heteroatoms. The van der Waals surface area contributed by atoms with Gasteiger partial charge in [0.15, 0.2) is 0 Å². The lowest BCUT2D eigenvalue weighted by atomic mass is 9.92. The molecule has 5 nitrogen and oxygen atoms in total. The molecule has 0 aromatic heterocycles. The number of piperazine rings is 1. The first-order valence-electron chi connectivity index (χ1n) is 9.62. The van der Waals surface area contributed by atoms with Crippen LogP contribution in [0.1, 0.15) is 22.3 Å². The van der Waals surface area contributed by atoms with E-state index in [2.05, 4.69) is 0 Å². The van der Waals surface area contributed by atoms with Gasteiger partial charge in [-0.25, -0.2) is 8.78 Å². The standard InChI is InChI=1S/C22H23F2N3O2/c1-15-6-7-16(10-19(15)24)21(29)26-9-8-22(13-26)14-27(20(28)12-25(22)2)18-5-3-4-17(23)11-18/h3-7,10-11H,8-9,12-14H2,1-2H3/t22-/m1/s1. The summed E-state index contributed by atoms with van der Waals surface area (Å²) in [4.78, 5) is 30.8. The Bertz CT molecular complexity index is 980. The van der Waals surface area contributed by atoms with Crippen LogP contribution in [0.4, 0.5) is 14.5 Å². The lowest BCUT2D eigenvalue weighted by Gasteiger charge is -2.46. The van der Waals surface area contributed by atoms with Gasteiger partial charge in [-0.05, 0) is 56.3 Å². The molecule has 2 fully saturated rings. The van der Waals surface area contributed by atoms with Crippen LogP contribution in [0, 0.1) is 18.6 Å². The number of carbonyl (C=O) groups excluding carboxylic acids is 2. The Hall–Kier alpha value is -2.80. The second-order valence-corrected chi connectivity index (χ2v) is 7.98. The molecule has 0 bridgehead atoms. The number of carbonyl (C=O) groups is 2. The van der Waals surface area contributed by atoms with Crippen molar-refractivity contribution in [2.45, 2.75) is 18.9 Å². The minimum Gasteiger partial charge on any atom is -0.337 e. The smallest absolute Gasteiger partial charge is 0.254 e. The SMILES string of the molecule is Cc1ccc(C(=O)N2CC[C@@]3(C2)CN(c2cccc(F)c2)C(=O)CN3C)cc1F. The quantitative estimate of drug-likeness (QED) is 0.780. The monoisotopic (exact) mass is 399 g/mol. The third-order valence-corrected chi connectivity index (χ3v) is 6.09. The van der Waals surface area contributed by atoms with Crippen LogP contribution in [-0.2, 0) is 4.79 Å². The summed E-state index contributed by atoms with van der Waals surface area (Å²) < 4.78 is 27.6. The van der Waals surface area contributed by atoms with E-state index >= 15 is 0 Å². The summed E-state index contributed by atoms with van der Waals surface area (Å²) in [6, 6.07) is 10.5. The van der Waals surface area contributed by atoms with Crippen LogP contribution >= 0.6 is 0 Å². The van der Waals surface area contributed by atoms with E-state index < -0.39 is 17.2 Å². The van der Waals surface area contributed by atoms with Gasteiger partial charge in [-0.1, -0.05) is 12.1 Å². The topological polar surface area (TPSA) is 43.9 Å². The number of anilines is 1. The number of likely N-dealkylation sites (tertiary alicyclic amines) is 1. The molecular formula is C22H23F2N3O2. The van der Waals surface area contributed by atoms with Crippen LogP contribution < -0.4 is 4.90 Å². The van der Waals surface area contributed by atoms with E-state index in [1.807, 2.05) is 11.9 Å². The third kappa shape index (κ3) is 3.51. The van der Waals surface area contributed by atoms with Crippen molar-refractivity contribution in [3.05, 3.63) is 65.2 Å². The molecule has 152 valence electrons. The molecule has 1 spiro atoms. The summed E-state index contributed by atoms with van der Waals surface area (Å²) >= 11 is 0. The summed E-state index contributed by atoms with van der Waals surface area (Å²) in [5.74, 6) is -1.12. The molecule has 0 N–H and O–H groups in total. The predicted octanol–water partition coefficient (Wildman–Crippen LogP) is 2.84. The highest BCUT2D eigenvalue weighted by Gasteiger charge is 2.48. The number of nitrogens with zero attached hydrogens (tertiary/aromatic N) is 3. The highest BCUT2D eigenvalue weighted by molar-refractivity contribution is 5.97. The molecule has 2 aromatic rings. The molecule has 0 saturated carbocycles. The first-order valence-corrected chi connectivity index (χ1v) is 9.62. The van der Waals surface area contributed by atoms with E-state index in [1.165, 1.54) is 18.2 Å². The molecule has 0 aliphatic carbocycles. The molecule has 2 aliphatic heterocycles. The average molecular weight is 399 g/mol. The van der Waals surface area contributed by atoms with Gasteiger partial charge in [-0.3, -0.25) is 14.5 Å². The molecule has 2 amide bonds. The summed E-state index contributed by atoms with van der Waals surface area (Å²) in [5, 5.41) is 0. The molecular weight excluding hydrogens is 376 g/mol. The van der Waals surface area contributed by atoms with Gasteiger partial charge in [-0.15, -0.1) is 0 Å². The highest BCUT2D eigenvalue weighted by atomic mass is 19.1. The molecule has 2 aromatic carbocycles.